The molecule has 1 atom stereocenters. The SMILES string of the molecule is CCCC[C@H](N)C(=O)N1CC(CC(=O)O)C1. The Balaban J connectivity index is 2.23. The fraction of sp³-hybridized carbons (Fsp3) is 0.818. The van der Waals surface area contributed by atoms with Crippen molar-refractivity contribution in [1.29, 1.82) is 0 Å². The van der Waals surface area contributed by atoms with E-state index in [9.17, 15) is 9.59 Å². The summed E-state index contributed by atoms with van der Waals surface area (Å²) in [5.74, 6) is -0.720. The number of unbranched alkanes of at least 4 members (excludes halogenated alkanes) is 1. The van der Waals surface area contributed by atoms with E-state index in [4.69, 9.17) is 10.8 Å². The normalized spacial score (nSPS) is 18.0. The zero-order chi connectivity index (χ0) is 12.1. The first-order chi connectivity index (χ1) is 7.54. The molecule has 1 aliphatic heterocycles. The summed E-state index contributed by atoms with van der Waals surface area (Å²) in [6, 6.07) is -0.411. The van der Waals surface area contributed by atoms with Crippen molar-refractivity contribution < 1.29 is 14.7 Å². The molecule has 0 unspecified atom stereocenters. The van der Waals surface area contributed by atoms with Crippen molar-refractivity contribution in [3.05, 3.63) is 0 Å². The quantitative estimate of drug-likeness (QED) is 0.691. The lowest BCUT2D eigenvalue weighted by molar-refractivity contribution is -0.145. The number of likely N-dealkylation sites (tertiary alicyclic amines) is 1. The van der Waals surface area contributed by atoms with Gasteiger partial charge in [0.1, 0.15) is 0 Å². The summed E-state index contributed by atoms with van der Waals surface area (Å²) in [7, 11) is 0. The van der Waals surface area contributed by atoms with E-state index in [2.05, 4.69) is 6.92 Å². The van der Waals surface area contributed by atoms with Gasteiger partial charge in [0.2, 0.25) is 5.91 Å². The summed E-state index contributed by atoms with van der Waals surface area (Å²) in [5.41, 5.74) is 5.75. The highest BCUT2D eigenvalue weighted by atomic mass is 16.4. The maximum absolute atomic E-state index is 11.7. The lowest BCUT2D eigenvalue weighted by Gasteiger charge is -2.39. The minimum Gasteiger partial charge on any atom is -0.481 e. The minimum atomic E-state index is -0.799. The number of aliphatic carboxylic acids is 1. The summed E-state index contributed by atoms with van der Waals surface area (Å²) in [6.07, 6.45) is 2.85. The van der Waals surface area contributed by atoms with Gasteiger partial charge in [-0.2, -0.15) is 0 Å². The largest absolute Gasteiger partial charge is 0.481 e. The van der Waals surface area contributed by atoms with Crippen LogP contribution in [0.2, 0.25) is 0 Å². The first kappa shape index (κ1) is 13.0. The average molecular weight is 228 g/mol. The molecule has 1 fully saturated rings. The van der Waals surface area contributed by atoms with Gasteiger partial charge in [-0.25, -0.2) is 0 Å². The summed E-state index contributed by atoms with van der Waals surface area (Å²) < 4.78 is 0. The molecule has 92 valence electrons. The molecule has 3 N–H and O–H groups in total. The lowest BCUT2D eigenvalue weighted by Crippen LogP contribution is -2.55. The van der Waals surface area contributed by atoms with E-state index in [0.29, 0.717) is 13.1 Å². The van der Waals surface area contributed by atoms with E-state index in [-0.39, 0.29) is 18.2 Å². The Bertz CT molecular complexity index is 262. The molecule has 0 aliphatic carbocycles. The van der Waals surface area contributed by atoms with Crippen molar-refractivity contribution in [1.82, 2.24) is 4.90 Å². The van der Waals surface area contributed by atoms with Crippen LogP contribution in [0.15, 0.2) is 0 Å². The third-order valence-corrected chi connectivity index (χ3v) is 2.92. The maximum Gasteiger partial charge on any atom is 0.303 e. The summed E-state index contributed by atoms with van der Waals surface area (Å²) in [5, 5.41) is 8.57. The highest BCUT2D eigenvalue weighted by Crippen LogP contribution is 2.20. The first-order valence-electron chi connectivity index (χ1n) is 5.80. The maximum atomic E-state index is 11.7. The summed E-state index contributed by atoms with van der Waals surface area (Å²) >= 11 is 0. The molecular formula is C11H20N2O3. The molecule has 0 bridgehead atoms. The van der Waals surface area contributed by atoms with Crippen LogP contribution in [0.5, 0.6) is 0 Å². The molecule has 0 aromatic rings. The lowest BCUT2D eigenvalue weighted by atomic mass is 9.95. The summed E-state index contributed by atoms with van der Waals surface area (Å²) in [6.45, 7) is 3.15. The fourth-order valence-corrected chi connectivity index (χ4v) is 1.91. The van der Waals surface area contributed by atoms with Gasteiger partial charge in [0.05, 0.1) is 12.5 Å². The van der Waals surface area contributed by atoms with Crippen LogP contribution in [0.3, 0.4) is 0 Å². The molecule has 1 rings (SSSR count). The number of carboxylic acids is 1. The second-order valence-electron chi connectivity index (χ2n) is 4.46. The Morgan fingerprint density at radius 2 is 2.12 bits per heavy atom. The van der Waals surface area contributed by atoms with E-state index in [1.165, 1.54) is 0 Å². The predicted molar refractivity (Wildman–Crippen MR) is 59.8 cm³/mol. The van der Waals surface area contributed by atoms with Gasteiger partial charge in [-0.15, -0.1) is 0 Å². The third-order valence-electron chi connectivity index (χ3n) is 2.92. The van der Waals surface area contributed by atoms with Gasteiger partial charge in [-0.1, -0.05) is 19.8 Å². The zero-order valence-corrected chi connectivity index (χ0v) is 9.69. The number of carbonyl (C=O) groups is 2. The van der Waals surface area contributed by atoms with Crippen molar-refractivity contribution in [3.8, 4) is 0 Å². The van der Waals surface area contributed by atoms with E-state index in [1.807, 2.05) is 0 Å². The monoisotopic (exact) mass is 228 g/mol. The number of rotatable bonds is 6. The van der Waals surface area contributed by atoms with Crippen LogP contribution < -0.4 is 5.73 Å². The van der Waals surface area contributed by atoms with Gasteiger partial charge in [0, 0.05) is 19.0 Å². The molecule has 1 amide bonds. The second kappa shape index (κ2) is 5.84. The number of nitrogens with zero attached hydrogens (tertiary/aromatic N) is 1. The van der Waals surface area contributed by atoms with Gasteiger partial charge >= 0.3 is 5.97 Å². The van der Waals surface area contributed by atoms with Gasteiger partial charge < -0.3 is 15.7 Å². The Morgan fingerprint density at radius 3 is 2.62 bits per heavy atom. The van der Waals surface area contributed by atoms with Crippen molar-refractivity contribution >= 4 is 11.9 Å². The first-order valence-corrected chi connectivity index (χ1v) is 5.80. The van der Waals surface area contributed by atoms with E-state index in [0.717, 1.165) is 19.3 Å². The van der Waals surface area contributed by atoms with Crippen molar-refractivity contribution in [2.75, 3.05) is 13.1 Å². The van der Waals surface area contributed by atoms with Gasteiger partial charge in [0.15, 0.2) is 0 Å². The van der Waals surface area contributed by atoms with E-state index < -0.39 is 12.0 Å². The molecule has 0 saturated carbocycles. The standard InChI is InChI=1S/C11H20N2O3/c1-2-3-4-9(12)11(16)13-6-8(7-13)5-10(14)15/h8-9H,2-7,12H2,1H3,(H,14,15)/t9-/m0/s1. The highest BCUT2D eigenvalue weighted by molar-refractivity contribution is 5.82. The number of nitrogens with two attached hydrogens (primary N) is 1. The number of carboxylic acid groups (broad SMARTS) is 1. The third kappa shape index (κ3) is 3.48. The van der Waals surface area contributed by atoms with Crippen LogP contribution >= 0.6 is 0 Å². The highest BCUT2D eigenvalue weighted by Gasteiger charge is 2.33. The Hall–Kier alpha value is -1.10. The van der Waals surface area contributed by atoms with Crippen molar-refractivity contribution in [2.45, 2.75) is 38.6 Å². The number of amides is 1. The Morgan fingerprint density at radius 1 is 1.50 bits per heavy atom. The smallest absolute Gasteiger partial charge is 0.303 e. The Kier molecular flexibility index (Phi) is 4.73. The fourth-order valence-electron chi connectivity index (χ4n) is 1.91. The molecule has 0 spiro atoms. The molecule has 1 saturated heterocycles. The molecular weight excluding hydrogens is 208 g/mol. The number of carbonyl (C=O) groups excluding carboxylic acids is 1. The van der Waals surface area contributed by atoms with Gasteiger partial charge in [-0.3, -0.25) is 9.59 Å². The number of hydrogen-bond acceptors (Lipinski definition) is 3. The zero-order valence-electron chi connectivity index (χ0n) is 9.69. The van der Waals surface area contributed by atoms with E-state index >= 15 is 0 Å². The molecule has 1 aliphatic rings. The van der Waals surface area contributed by atoms with Crippen LogP contribution in [-0.2, 0) is 9.59 Å². The van der Waals surface area contributed by atoms with Crippen LogP contribution in [0, 0.1) is 5.92 Å². The van der Waals surface area contributed by atoms with Crippen LogP contribution in [-0.4, -0.2) is 41.0 Å². The predicted octanol–water partition coefficient (Wildman–Crippen LogP) is 0.437. The molecule has 0 radical (unpaired) electrons. The van der Waals surface area contributed by atoms with E-state index in [1.54, 1.807) is 4.90 Å². The number of hydrogen-bond donors (Lipinski definition) is 2. The molecule has 1 heterocycles. The molecule has 5 nitrogen and oxygen atoms in total. The van der Waals surface area contributed by atoms with Crippen molar-refractivity contribution in [2.24, 2.45) is 11.7 Å². The van der Waals surface area contributed by atoms with Crippen LogP contribution in [0.4, 0.5) is 0 Å². The molecule has 0 aromatic heterocycles. The summed E-state index contributed by atoms with van der Waals surface area (Å²) in [4.78, 5) is 23.8. The molecule has 0 aromatic carbocycles. The van der Waals surface area contributed by atoms with Gasteiger partial charge in [0.25, 0.3) is 0 Å². The second-order valence-corrected chi connectivity index (χ2v) is 4.46. The van der Waals surface area contributed by atoms with Crippen molar-refractivity contribution in [3.63, 3.8) is 0 Å². The minimum absolute atomic E-state index is 0.0323. The molecule has 16 heavy (non-hydrogen) atoms. The van der Waals surface area contributed by atoms with Crippen LogP contribution in [0.1, 0.15) is 32.6 Å². The Labute approximate surface area is 95.6 Å². The topological polar surface area (TPSA) is 83.6 Å². The average Bonchev–Trinajstić information content (AvgIpc) is 2.18. The van der Waals surface area contributed by atoms with Crippen LogP contribution in [0.25, 0.3) is 0 Å². The van der Waals surface area contributed by atoms with Gasteiger partial charge in [-0.05, 0) is 6.42 Å². The molecule has 5 heteroatoms.